The first-order valence-electron chi connectivity index (χ1n) is 18.5. The standard InChI is InChI=1S/C51H35NO/c1-50(2)42-23-11-10-22-39(42)49(53)41-31-47-40(30-45(41)50)37-21-9-13-25-44(37)51(47)43-24-12-8-20-36(43)38-28-27-34(29-46(38)51)52(33-17-4-3-5-18-33)48-26-14-16-32-15-6-7-19-35(32)48/h3-31H,1-2H3. The van der Waals surface area contributed by atoms with E-state index in [9.17, 15) is 4.79 Å². The van der Waals surface area contributed by atoms with Crippen LogP contribution in [0.2, 0.25) is 0 Å². The van der Waals surface area contributed by atoms with Gasteiger partial charge in [-0.2, -0.15) is 0 Å². The minimum absolute atomic E-state index is 0.107. The van der Waals surface area contributed by atoms with E-state index in [1.807, 2.05) is 12.1 Å². The third-order valence-electron chi connectivity index (χ3n) is 12.3. The van der Waals surface area contributed by atoms with Gasteiger partial charge in [0.05, 0.1) is 11.1 Å². The first-order chi connectivity index (χ1) is 26.0. The molecule has 0 saturated heterocycles. The molecule has 3 aliphatic carbocycles. The van der Waals surface area contributed by atoms with Gasteiger partial charge in [-0.25, -0.2) is 0 Å². The quantitative estimate of drug-likeness (QED) is 0.185. The molecule has 0 fully saturated rings. The number of ketones is 1. The molecule has 1 unspecified atom stereocenters. The Morgan fingerprint density at radius 1 is 0.396 bits per heavy atom. The zero-order chi connectivity index (χ0) is 35.5. The summed E-state index contributed by atoms with van der Waals surface area (Å²) in [5.41, 5.74) is 16.0. The highest BCUT2D eigenvalue weighted by Gasteiger charge is 2.53. The van der Waals surface area contributed by atoms with Crippen LogP contribution in [0, 0.1) is 0 Å². The van der Waals surface area contributed by atoms with E-state index in [2.05, 4.69) is 183 Å². The highest BCUT2D eigenvalue weighted by molar-refractivity contribution is 6.14. The van der Waals surface area contributed by atoms with Crippen molar-refractivity contribution in [3.8, 4) is 22.3 Å². The molecule has 53 heavy (non-hydrogen) atoms. The van der Waals surface area contributed by atoms with Crippen molar-refractivity contribution in [1.82, 2.24) is 0 Å². The molecule has 0 bridgehead atoms. The van der Waals surface area contributed by atoms with Crippen LogP contribution in [-0.2, 0) is 10.8 Å². The SMILES string of the molecule is CC1(C)c2ccccc2C(=O)c2cc3c(cc21)-c1ccccc1C31c2ccccc2-c2ccc(N(c3ccccc3)c3cccc4ccccc34)cc21. The molecular formula is C51H35NO. The second-order valence-corrected chi connectivity index (χ2v) is 15.2. The number of nitrogens with zero attached hydrogens (tertiary/aromatic N) is 1. The van der Waals surface area contributed by atoms with Gasteiger partial charge in [0.15, 0.2) is 5.78 Å². The van der Waals surface area contributed by atoms with Crippen molar-refractivity contribution in [1.29, 1.82) is 0 Å². The van der Waals surface area contributed by atoms with Crippen molar-refractivity contribution in [3.63, 3.8) is 0 Å². The van der Waals surface area contributed by atoms with Crippen LogP contribution in [0.5, 0.6) is 0 Å². The average molecular weight is 678 g/mol. The van der Waals surface area contributed by atoms with Crippen molar-refractivity contribution < 1.29 is 4.79 Å². The normalized spacial score (nSPS) is 16.8. The summed E-state index contributed by atoms with van der Waals surface area (Å²) in [5, 5.41) is 2.40. The van der Waals surface area contributed by atoms with Crippen LogP contribution in [0.4, 0.5) is 17.1 Å². The van der Waals surface area contributed by atoms with Crippen LogP contribution in [0.15, 0.2) is 176 Å². The van der Waals surface area contributed by atoms with Crippen LogP contribution in [0.25, 0.3) is 33.0 Å². The molecule has 3 aliphatic rings. The lowest BCUT2D eigenvalue weighted by Crippen LogP contribution is -2.32. The molecule has 11 rings (SSSR count). The van der Waals surface area contributed by atoms with Crippen LogP contribution in [0.1, 0.15) is 63.1 Å². The minimum atomic E-state index is -0.606. The second kappa shape index (κ2) is 10.8. The lowest BCUT2D eigenvalue weighted by Gasteiger charge is -2.36. The topological polar surface area (TPSA) is 20.3 Å². The molecular weight excluding hydrogens is 643 g/mol. The molecule has 0 heterocycles. The third kappa shape index (κ3) is 3.90. The molecule has 0 aliphatic heterocycles. The maximum absolute atomic E-state index is 14.5. The van der Waals surface area contributed by atoms with Gasteiger partial charge in [-0.15, -0.1) is 0 Å². The Hall–Kier alpha value is -6.51. The van der Waals surface area contributed by atoms with Gasteiger partial charge in [0.1, 0.15) is 0 Å². The molecule has 2 nitrogen and oxygen atoms in total. The number of carbonyl (C=O) groups is 1. The van der Waals surface area contributed by atoms with Gasteiger partial charge in [-0.1, -0.05) is 147 Å². The van der Waals surface area contributed by atoms with Crippen molar-refractivity contribution in [2.24, 2.45) is 0 Å². The van der Waals surface area contributed by atoms with Crippen LogP contribution in [-0.4, -0.2) is 5.78 Å². The Kier molecular flexibility index (Phi) is 6.12. The van der Waals surface area contributed by atoms with E-state index in [1.165, 1.54) is 55.3 Å². The van der Waals surface area contributed by atoms with E-state index in [0.717, 1.165) is 39.3 Å². The maximum Gasteiger partial charge on any atom is 0.193 e. The summed E-state index contributed by atoms with van der Waals surface area (Å²) in [7, 11) is 0. The van der Waals surface area contributed by atoms with Gasteiger partial charge in [0.25, 0.3) is 0 Å². The molecule has 1 spiro atoms. The van der Waals surface area contributed by atoms with Gasteiger partial charge in [-0.3, -0.25) is 4.79 Å². The van der Waals surface area contributed by atoms with Crippen molar-refractivity contribution >= 4 is 33.6 Å². The van der Waals surface area contributed by atoms with Crippen molar-refractivity contribution in [2.75, 3.05) is 4.90 Å². The number of para-hydroxylation sites is 1. The number of hydrogen-bond donors (Lipinski definition) is 0. The number of hydrogen-bond acceptors (Lipinski definition) is 2. The monoisotopic (exact) mass is 677 g/mol. The lowest BCUT2D eigenvalue weighted by atomic mass is 9.65. The molecule has 0 radical (unpaired) electrons. The fourth-order valence-corrected chi connectivity index (χ4v) is 9.94. The van der Waals surface area contributed by atoms with Gasteiger partial charge in [-0.05, 0) is 103 Å². The fraction of sp³-hybridized carbons (Fsp3) is 0.0784. The summed E-state index contributed by atoms with van der Waals surface area (Å²) in [6.45, 7) is 4.52. The molecule has 0 saturated carbocycles. The van der Waals surface area contributed by atoms with Gasteiger partial charge >= 0.3 is 0 Å². The zero-order valence-corrected chi connectivity index (χ0v) is 29.6. The van der Waals surface area contributed by atoms with E-state index in [4.69, 9.17) is 0 Å². The maximum atomic E-state index is 14.5. The first-order valence-corrected chi connectivity index (χ1v) is 18.5. The smallest absolute Gasteiger partial charge is 0.193 e. The van der Waals surface area contributed by atoms with Crippen LogP contribution < -0.4 is 4.90 Å². The van der Waals surface area contributed by atoms with Gasteiger partial charge in [0, 0.05) is 33.3 Å². The summed E-state index contributed by atoms with van der Waals surface area (Å²) in [6, 6.07) is 63.5. The number of anilines is 3. The molecule has 0 aromatic heterocycles. The Morgan fingerprint density at radius 3 is 1.74 bits per heavy atom. The summed E-state index contributed by atoms with van der Waals surface area (Å²) < 4.78 is 0. The number of benzene rings is 8. The van der Waals surface area contributed by atoms with Gasteiger partial charge < -0.3 is 4.90 Å². The second-order valence-electron chi connectivity index (χ2n) is 15.2. The van der Waals surface area contributed by atoms with Crippen LogP contribution in [0.3, 0.4) is 0 Å². The Bertz CT molecular complexity index is 2840. The van der Waals surface area contributed by atoms with E-state index >= 15 is 0 Å². The molecule has 0 N–H and O–H groups in total. The van der Waals surface area contributed by atoms with Crippen molar-refractivity contribution in [3.05, 3.63) is 220 Å². The Labute approximate surface area is 309 Å². The predicted molar refractivity (Wildman–Crippen MR) is 217 cm³/mol. The number of fused-ring (bicyclic) bond motifs is 13. The highest BCUT2D eigenvalue weighted by atomic mass is 16.1. The third-order valence-corrected chi connectivity index (χ3v) is 12.3. The lowest BCUT2D eigenvalue weighted by molar-refractivity contribution is 0.103. The number of carbonyl (C=O) groups excluding carboxylic acids is 1. The molecule has 0 amide bonds. The van der Waals surface area contributed by atoms with Crippen LogP contribution >= 0.6 is 0 Å². The molecule has 8 aromatic carbocycles. The predicted octanol–water partition coefficient (Wildman–Crippen LogP) is 12.5. The highest BCUT2D eigenvalue weighted by Crippen LogP contribution is 2.64. The summed E-state index contributed by atoms with van der Waals surface area (Å²) in [6.07, 6.45) is 0. The van der Waals surface area contributed by atoms with Crippen molar-refractivity contribution in [2.45, 2.75) is 24.7 Å². The minimum Gasteiger partial charge on any atom is -0.310 e. The molecule has 1 atom stereocenters. The summed E-state index contributed by atoms with van der Waals surface area (Å²) in [4.78, 5) is 16.9. The molecule has 250 valence electrons. The van der Waals surface area contributed by atoms with E-state index < -0.39 is 5.41 Å². The van der Waals surface area contributed by atoms with Gasteiger partial charge in [0.2, 0.25) is 0 Å². The van der Waals surface area contributed by atoms with E-state index in [-0.39, 0.29) is 11.2 Å². The number of rotatable bonds is 3. The first kappa shape index (κ1) is 30.1. The Balaban J connectivity index is 1.22. The molecule has 8 aromatic rings. The fourth-order valence-electron chi connectivity index (χ4n) is 9.94. The Morgan fingerprint density at radius 2 is 0.962 bits per heavy atom. The summed E-state index contributed by atoms with van der Waals surface area (Å²) >= 11 is 0. The average Bonchev–Trinajstić information content (AvgIpc) is 3.67. The van der Waals surface area contributed by atoms with E-state index in [1.54, 1.807) is 0 Å². The summed E-state index contributed by atoms with van der Waals surface area (Å²) in [5.74, 6) is 0.107. The van der Waals surface area contributed by atoms with E-state index in [0.29, 0.717) is 0 Å². The largest absolute Gasteiger partial charge is 0.310 e. The zero-order valence-electron chi connectivity index (χ0n) is 29.6. The molecule has 2 heteroatoms.